The van der Waals surface area contributed by atoms with E-state index in [4.69, 9.17) is 0 Å². The van der Waals surface area contributed by atoms with E-state index in [1.165, 1.54) is 11.3 Å². The van der Waals surface area contributed by atoms with Gasteiger partial charge in [-0.25, -0.2) is 0 Å². The Bertz CT molecular complexity index is 319. The van der Waals surface area contributed by atoms with Crippen molar-refractivity contribution in [3.05, 3.63) is 0 Å². The minimum Gasteiger partial charge on any atom is -0.306 e. The molecule has 2 atom stereocenters. The molecule has 2 aliphatic rings. The minimum absolute atomic E-state index is 0.0430. The fourth-order valence-corrected chi connectivity index (χ4v) is 2.68. The quantitative estimate of drug-likeness (QED) is 0.683. The van der Waals surface area contributed by atoms with Gasteiger partial charge in [-0.05, 0) is 39.4 Å². The molecule has 0 bridgehead atoms. The first-order valence-electron chi connectivity index (χ1n) is 6.38. The van der Waals surface area contributed by atoms with Crippen LogP contribution in [-0.4, -0.2) is 60.9 Å². The summed E-state index contributed by atoms with van der Waals surface area (Å²) in [5, 5.41) is 3.25. The molecule has 0 aromatic heterocycles. The Kier molecular flexibility index (Phi) is 3.79. The lowest BCUT2D eigenvalue weighted by Crippen LogP contribution is -2.40. The van der Waals surface area contributed by atoms with Gasteiger partial charge in [0.2, 0.25) is 11.8 Å². The minimum atomic E-state index is -0.284. The van der Waals surface area contributed by atoms with Crippen LogP contribution in [0.15, 0.2) is 0 Å². The summed E-state index contributed by atoms with van der Waals surface area (Å²) in [7, 11) is 2.11. The maximum Gasteiger partial charge on any atom is 0.246 e. The van der Waals surface area contributed by atoms with E-state index in [-0.39, 0.29) is 17.9 Å². The highest BCUT2D eigenvalue weighted by molar-refractivity contribution is 6.05. The number of imide groups is 1. The van der Waals surface area contributed by atoms with E-state index in [1.54, 1.807) is 0 Å². The van der Waals surface area contributed by atoms with Crippen molar-refractivity contribution >= 4 is 11.8 Å². The van der Waals surface area contributed by atoms with Crippen LogP contribution < -0.4 is 5.32 Å². The Morgan fingerprint density at radius 1 is 1.41 bits per heavy atom. The molecule has 0 aromatic carbocycles. The van der Waals surface area contributed by atoms with E-state index in [9.17, 15) is 9.59 Å². The number of amides is 2. The lowest BCUT2D eigenvalue weighted by Gasteiger charge is -2.16. The molecular formula is C12H21N3O2. The van der Waals surface area contributed by atoms with E-state index in [2.05, 4.69) is 17.3 Å². The molecule has 2 fully saturated rings. The van der Waals surface area contributed by atoms with Gasteiger partial charge in [-0.2, -0.15) is 0 Å². The van der Waals surface area contributed by atoms with Gasteiger partial charge in [-0.1, -0.05) is 0 Å². The van der Waals surface area contributed by atoms with E-state index < -0.39 is 0 Å². The van der Waals surface area contributed by atoms with Crippen molar-refractivity contribution in [1.29, 1.82) is 0 Å². The van der Waals surface area contributed by atoms with Crippen LogP contribution in [0.2, 0.25) is 0 Å². The fraction of sp³-hybridized carbons (Fsp3) is 0.833. The van der Waals surface area contributed by atoms with Crippen LogP contribution in [0.25, 0.3) is 0 Å². The number of hydrogen-bond acceptors (Lipinski definition) is 4. The van der Waals surface area contributed by atoms with Crippen molar-refractivity contribution in [1.82, 2.24) is 15.1 Å². The summed E-state index contributed by atoms with van der Waals surface area (Å²) >= 11 is 0. The standard InChI is InChI=1S/C12H21N3O2/c1-3-15-11(16)6-10(12(15)17)13-7-9-4-5-14(2)8-9/h9-10,13H,3-8H2,1-2H3. The molecule has 96 valence electrons. The zero-order valence-corrected chi connectivity index (χ0v) is 10.6. The molecule has 2 rings (SSSR count). The predicted octanol–water partition coefficient (Wildman–Crippen LogP) is -0.325. The fourth-order valence-electron chi connectivity index (χ4n) is 2.68. The zero-order chi connectivity index (χ0) is 12.4. The second kappa shape index (κ2) is 5.14. The van der Waals surface area contributed by atoms with Crippen LogP contribution in [0.1, 0.15) is 19.8 Å². The van der Waals surface area contributed by atoms with Gasteiger partial charge in [0.25, 0.3) is 0 Å². The van der Waals surface area contributed by atoms with E-state index in [1.807, 2.05) is 6.92 Å². The van der Waals surface area contributed by atoms with E-state index >= 15 is 0 Å². The van der Waals surface area contributed by atoms with Crippen molar-refractivity contribution in [3.8, 4) is 0 Å². The third-order valence-corrected chi connectivity index (χ3v) is 3.70. The topological polar surface area (TPSA) is 52.7 Å². The van der Waals surface area contributed by atoms with Gasteiger partial charge in [-0.15, -0.1) is 0 Å². The Labute approximate surface area is 102 Å². The monoisotopic (exact) mass is 239 g/mol. The average Bonchev–Trinajstić information content (AvgIpc) is 2.81. The van der Waals surface area contributed by atoms with E-state index in [0.29, 0.717) is 18.9 Å². The number of hydrogen-bond donors (Lipinski definition) is 1. The number of likely N-dealkylation sites (tertiary alicyclic amines) is 2. The first kappa shape index (κ1) is 12.5. The second-order valence-electron chi connectivity index (χ2n) is 5.06. The van der Waals surface area contributed by atoms with Crippen molar-refractivity contribution in [2.24, 2.45) is 5.92 Å². The average molecular weight is 239 g/mol. The first-order chi connectivity index (χ1) is 8.11. The second-order valence-corrected chi connectivity index (χ2v) is 5.06. The summed E-state index contributed by atoms with van der Waals surface area (Å²) in [6.45, 7) is 5.38. The molecule has 2 saturated heterocycles. The number of likely N-dealkylation sites (N-methyl/N-ethyl adjacent to an activating group) is 1. The van der Waals surface area contributed by atoms with Crippen LogP contribution in [-0.2, 0) is 9.59 Å². The van der Waals surface area contributed by atoms with Crippen molar-refractivity contribution in [3.63, 3.8) is 0 Å². The predicted molar refractivity (Wildman–Crippen MR) is 64.4 cm³/mol. The molecule has 0 aliphatic carbocycles. The van der Waals surface area contributed by atoms with Crippen LogP contribution in [0.5, 0.6) is 0 Å². The van der Waals surface area contributed by atoms with Crippen molar-refractivity contribution in [2.45, 2.75) is 25.8 Å². The SMILES string of the molecule is CCN1C(=O)CC(NCC2CCN(C)C2)C1=O. The molecule has 17 heavy (non-hydrogen) atoms. The third-order valence-electron chi connectivity index (χ3n) is 3.70. The molecule has 0 aromatic rings. The Hall–Kier alpha value is -0.940. The third kappa shape index (κ3) is 2.66. The molecule has 2 aliphatic heterocycles. The lowest BCUT2D eigenvalue weighted by atomic mass is 10.1. The maximum atomic E-state index is 11.8. The molecule has 5 heteroatoms. The number of carbonyl (C=O) groups excluding carboxylic acids is 2. The van der Waals surface area contributed by atoms with Crippen molar-refractivity contribution in [2.75, 3.05) is 33.2 Å². The van der Waals surface area contributed by atoms with Gasteiger partial charge in [0.05, 0.1) is 12.5 Å². The largest absolute Gasteiger partial charge is 0.306 e. The summed E-state index contributed by atoms with van der Waals surface area (Å²) in [6.07, 6.45) is 1.51. The van der Waals surface area contributed by atoms with Gasteiger partial charge in [-0.3, -0.25) is 14.5 Å². The van der Waals surface area contributed by atoms with E-state index in [0.717, 1.165) is 19.6 Å². The Morgan fingerprint density at radius 2 is 2.18 bits per heavy atom. The molecule has 0 spiro atoms. The van der Waals surface area contributed by atoms with Crippen LogP contribution in [0.4, 0.5) is 0 Å². The molecule has 2 amide bonds. The van der Waals surface area contributed by atoms with Gasteiger partial charge in [0, 0.05) is 13.1 Å². The lowest BCUT2D eigenvalue weighted by molar-refractivity contribution is -0.138. The van der Waals surface area contributed by atoms with Gasteiger partial charge in [0.15, 0.2) is 0 Å². The number of rotatable bonds is 4. The Balaban J connectivity index is 1.80. The van der Waals surface area contributed by atoms with Crippen LogP contribution in [0.3, 0.4) is 0 Å². The normalized spacial score (nSPS) is 30.6. The highest BCUT2D eigenvalue weighted by Gasteiger charge is 2.37. The number of nitrogens with one attached hydrogen (secondary N) is 1. The summed E-state index contributed by atoms with van der Waals surface area (Å²) in [4.78, 5) is 27.0. The molecule has 2 unspecified atom stereocenters. The molecule has 5 nitrogen and oxygen atoms in total. The summed E-state index contributed by atoms with van der Waals surface area (Å²) in [5.41, 5.74) is 0. The first-order valence-corrected chi connectivity index (χ1v) is 6.38. The summed E-state index contributed by atoms with van der Waals surface area (Å²) in [6, 6.07) is -0.284. The smallest absolute Gasteiger partial charge is 0.246 e. The summed E-state index contributed by atoms with van der Waals surface area (Å²) in [5.74, 6) is 0.515. The summed E-state index contributed by atoms with van der Waals surface area (Å²) < 4.78 is 0. The van der Waals surface area contributed by atoms with Crippen LogP contribution >= 0.6 is 0 Å². The van der Waals surface area contributed by atoms with Gasteiger partial charge in [0.1, 0.15) is 0 Å². The molecule has 0 radical (unpaired) electrons. The van der Waals surface area contributed by atoms with Gasteiger partial charge >= 0.3 is 0 Å². The molecule has 1 N–H and O–H groups in total. The zero-order valence-electron chi connectivity index (χ0n) is 10.6. The number of nitrogens with zero attached hydrogens (tertiary/aromatic N) is 2. The maximum absolute atomic E-state index is 11.8. The van der Waals surface area contributed by atoms with Gasteiger partial charge < -0.3 is 10.2 Å². The highest BCUT2D eigenvalue weighted by atomic mass is 16.2. The molecule has 2 heterocycles. The molecule has 0 saturated carbocycles. The number of carbonyl (C=O) groups is 2. The van der Waals surface area contributed by atoms with Crippen LogP contribution in [0, 0.1) is 5.92 Å². The van der Waals surface area contributed by atoms with Crippen molar-refractivity contribution < 1.29 is 9.59 Å². The highest BCUT2D eigenvalue weighted by Crippen LogP contribution is 2.16. The Morgan fingerprint density at radius 3 is 2.71 bits per heavy atom. The molecular weight excluding hydrogens is 218 g/mol.